The van der Waals surface area contributed by atoms with Gasteiger partial charge in [-0.25, -0.2) is 14.8 Å². The summed E-state index contributed by atoms with van der Waals surface area (Å²) in [5.41, 5.74) is 2.92. The van der Waals surface area contributed by atoms with E-state index in [9.17, 15) is 9.59 Å². The quantitative estimate of drug-likeness (QED) is 0.699. The van der Waals surface area contributed by atoms with Crippen molar-refractivity contribution in [2.24, 2.45) is 10.9 Å². The number of hydrogen-bond donors (Lipinski definition) is 1. The van der Waals surface area contributed by atoms with Crippen LogP contribution in [0.25, 0.3) is 0 Å². The predicted octanol–water partition coefficient (Wildman–Crippen LogP) is 3.98. The molecule has 1 saturated heterocycles. The summed E-state index contributed by atoms with van der Waals surface area (Å²) in [6, 6.07) is 6.00. The summed E-state index contributed by atoms with van der Waals surface area (Å²) < 4.78 is 5.64. The lowest BCUT2D eigenvalue weighted by Crippen LogP contribution is -2.53. The molecular weight excluding hydrogens is 456 g/mol. The molecule has 4 aliphatic rings. The normalized spacial score (nSPS) is 22.7. The molecule has 4 heterocycles. The number of benzene rings is 1. The van der Waals surface area contributed by atoms with Crippen molar-refractivity contribution >= 4 is 35.5 Å². The summed E-state index contributed by atoms with van der Waals surface area (Å²) in [7, 11) is 0. The summed E-state index contributed by atoms with van der Waals surface area (Å²) in [5, 5.41) is 3.35. The van der Waals surface area contributed by atoms with Crippen LogP contribution in [-0.2, 0) is 27.9 Å². The van der Waals surface area contributed by atoms with Crippen LogP contribution in [0.15, 0.2) is 29.4 Å². The second kappa shape index (κ2) is 8.28. The van der Waals surface area contributed by atoms with Crippen molar-refractivity contribution in [3.63, 3.8) is 0 Å². The van der Waals surface area contributed by atoms with Gasteiger partial charge in [0, 0.05) is 49.7 Å². The molecule has 1 spiro atoms. The maximum Gasteiger partial charge on any atom is 0.410 e. The number of rotatable bonds is 4. The van der Waals surface area contributed by atoms with Gasteiger partial charge in [0.25, 0.3) is 0 Å². The average molecular weight is 489 g/mol. The van der Waals surface area contributed by atoms with Crippen LogP contribution in [0.5, 0.6) is 0 Å². The molecule has 1 saturated carbocycles. The van der Waals surface area contributed by atoms with E-state index < -0.39 is 17.1 Å². The van der Waals surface area contributed by atoms with Crippen LogP contribution in [0.1, 0.15) is 56.9 Å². The SMILES string of the molecule is CC(C)(C)OC(=O)N1CCC2(C1)C(=O)N(c1ccc3c(c1)N=CC3)Cc1cnc(NCC3CC3)nc12. The van der Waals surface area contributed by atoms with Gasteiger partial charge < -0.3 is 19.9 Å². The van der Waals surface area contributed by atoms with Gasteiger partial charge in [-0.05, 0) is 63.6 Å². The van der Waals surface area contributed by atoms with E-state index in [1.807, 2.05) is 51.4 Å². The maximum absolute atomic E-state index is 14.3. The Morgan fingerprint density at radius 1 is 1.25 bits per heavy atom. The Morgan fingerprint density at radius 3 is 2.86 bits per heavy atom. The van der Waals surface area contributed by atoms with E-state index in [0.717, 1.165) is 41.2 Å². The fourth-order valence-corrected chi connectivity index (χ4v) is 5.31. The minimum absolute atomic E-state index is 0.0465. The van der Waals surface area contributed by atoms with Crippen molar-refractivity contribution in [1.29, 1.82) is 0 Å². The molecule has 1 atom stereocenters. The number of fused-ring (bicyclic) bond motifs is 3. The molecule has 9 heteroatoms. The first-order valence-corrected chi connectivity index (χ1v) is 12.8. The molecule has 1 aromatic heterocycles. The number of aliphatic imine (C=N–C) groups is 1. The third-order valence-corrected chi connectivity index (χ3v) is 7.39. The van der Waals surface area contributed by atoms with E-state index in [2.05, 4.69) is 15.3 Å². The number of ether oxygens (including phenoxy) is 1. The van der Waals surface area contributed by atoms with Gasteiger partial charge in [0.2, 0.25) is 11.9 Å². The molecule has 2 aromatic rings. The van der Waals surface area contributed by atoms with Crippen LogP contribution < -0.4 is 10.2 Å². The number of nitrogens with zero attached hydrogens (tertiary/aromatic N) is 5. The summed E-state index contributed by atoms with van der Waals surface area (Å²) in [5.74, 6) is 1.17. The molecule has 0 radical (unpaired) electrons. The van der Waals surface area contributed by atoms with Crippen molar-refractivity contribution < 1.29 is 14.3 Å². The number of carbonyl (C=O) groups excluding carboxylic acids is 2. The molecule has 36 heavy (non-hydrogen) atoms. The molecule has 1 aliphatic carbocycles. The lowest BCUT2D eigenvalue weighted by molar-refractivity contribution is -0.124. The number of likely N-dealkylation sites (tertiary alicyclic amines) is 1. The lowest BCUT2D eigenvalue weighted by Gasteiger charge is -2.40. The van der Waals surface area contributed by atoms with E-state index in [-0.39, 0.29) is 12.5 Å². The van der Waals surface area contributed by atoms with Crippen LogP contribution in [0.3, 0.4) is 0 Å². The van der Waals surface area contributed by atoms with Crippen LogP contribution >= 0.6 is 0 Å². The Kier molecular flexibility index (Phi) is 5.28. The molecular formula is C27H32N6O3. The number of carbonyl (C=O) groups is 2. The highest BCUT2D eigenvalue weighted by molar-refractivity contribution is 6.04. The zero-order chi connectivity index (χ0) is 25.1. The Balaban J connectivity index is 1.37. The third kappa shape index (κ3) is 4.10. The molecule has 2 fully saturated rings. The minimum atomic E-state index is -0.953. The first-order chi connectivity index (χ1) is 17.2. The molecule has 6 rings (SSSR count). The van der Waals surface area contributed by atoms with Gasteiger partial charge in [0.15, 0.2) is 0 Å². The van der Waals surface area contributed by atoms with Crippen molar-refractivity contribution in [1.82, 2.24) is 14.9 Å². The zero-order valence-corrected chi connectivity index (χ0v) is 21.1. The van der Waals surface area contributed by atoms with Crippen LogP contribution in [0, 0.1) is 5.92 Å². The molecule has 1 N–H and O–H groups in total. The van der Waals surface area contributed by atoms with Gasteiger partial charge in [-0.15, -0.1) is 0 Å². The maximum atomic E-state index is 14.3. The first-order valence-electron chi connectivity index (χ1n) is 12.8. The molecule has 1 aromatic carbocycles. The fraction of sp³-hybridized carbons (Fsp3) is 0.519. The van der Waals surface area contributed by atoms with Crippen LogP contribution in [0.4, 0.5) is 22.1 Å². The average Bonchev–Trinajstić information content (AvgIpc) is 3.36. The van der Waals surface area contributed by atoms with E-state index in [1.54, 1.807) is 9.80 Å². The van der Waals surface area contributed by atoms with E-state index in [0.29, 0.717) is 31.4 Å². The van der Waals surface area contributed by atoms with E-state index >= 15 is 0 Å². The van der Waals surface area contributed by atoms with Gasteiger partial charge in [-0.2, -0.15) is 0 Å². The predicted molar refractivity (Wildman–Crippen MR) is 137 cm³/mol. The van der Waals surface area contributed by atoms with Crippen molar-refractivity contribution in [2.45, 2.75) is 64.0 Å². The third-order valence-electron chi connectivity index (χ3n) is 7.39. The number of nitrogens with one attached hydrogen (secondary N) is 1. The molecule has 188 valence electrons. The molecule has 9 nitrogen and oxygen atoms in total. The monoisotopic (exact) mass is 488 g/mol. The first kappa shape index (κ1) is 22.9. The van der Waals surface area contributed by atoms with Crippen LogP contribution in [-0.4, -0.2) is 58.3 Å². The molecule has 3 aliphatic heterocycles. The van der Waals surface area contributed by atoms with E-state index in [1.165, 1.54) is 12.8 Å². The lowest BCUT2D eigenvalue weighted by atomic mass is 9.77. The number of aromatic nitrogens is 2. The van der Waals surface area contributed by atoms with E-state index in [4.69, 9.17) is 9.72 Å². The van der Waals surface area contributed by atoms with Crippen molar-refractivity contribution in [2.75, 3.05) is 29.9 Å². The topological polar surface area (TPSA) is 100 Å². The smallest absolute Gasteiger partial charge is 0.410 e. The molecule has 1 unspecified atom stereocenters. The zero-order valence-electron chi connectivity index (χ0n) is 21.1. The Hall–Kier alpha value is -3.49. The van der Waals surface area contributed by atoms with Gasteiger partial charge in [-0.1, -0.05) is 6.07 Å². The fourth-order valence-electron chi connectivity index (χ4n) is 5.31. The minimum Gasteiger partial charge on any atom is -0.444 e. The highest BCUT2D eigenvalue weighted by Gasteiger charge is 2.54. The largest absolute Gasteiger partial charge is 0.444 e. The van der Waals surface area contributed by atoms with Gasteiger partial charge >= 0.3 is 6.09 Å². The standard InChI is InChI=1S/C27H32N6O3/c1-26(2,3)36-25(35)32-11-9-27(16-32)22-19(14-30-24(31-22)29-13-17-4-5-17)15-33(23(27)34)20-7-6-18-8-10-28-21(18)12-20/h6-7,10,12,14,17H,4-5,8-9,11,13,15-16H2,1-3H3,(H,29,30,31). The summed E-state index contributed by atoms with van der Waals surface area (Å²) in [6.45, 7) is 7.42. The highest BCUT2D eigenvalue weighted by Crippen LogP contribution is 2.44. The molecule has 2 amide bonds. The highest BCUT2D eigenvalue weighted by atomic mass is 16.6. The molecule has 0 bridgehead atoms. The Bertz CT molecular complexity index is 1260. The van der Waals surface area contributed by atoms with Crippen LogP contribution in [0.2, 0.25) is 0 Å². The van der Waals surface area contributed by atoms with Crippen molar-refractivity contribution in [3.05, 3.63) is 41.2 Å². The summed E-state index contributed by atoms with van der Waals surface area (Å²) >= 11 is 0. The summed E-state index contributed by atoms with van der Waals surface area (Å²) in [4.78, 5) is 44.6. The second-order valence-corrected chi connectivity index (χ2v) is 11.3. The summed E-state index contributed by atoms with van der Waals surface area (Å²) in [6.07, 6.45) is 7.07. The van der Waals surface area contributed by atoms with Gasteiger partial charge in [0.1, 0.15) is 11.0 Å². The van der Waals surface area contributed by atoms with Gasteiger partial charge in [0.05, 0.1) is 17.9 Å². The number of anilines is 2. The van der Waals surface area contributed by atoms with Crippen molar-refractivity contribution in [3.8, 4) is 0 Å². The Morgan fingerprint density at radius 2 is 2.08 bits per heavy atom. The van der Waals surface area contributed by atoms with Gasteiger partial charge in [-0.3, -0.25) is 9.79 Å². The number of amides is 2. The Labute approximate surface area is 211 Å². The number of hydrogen-bond acceptors (Lipinski definition) is 7. The second-order valence-electron chi connectivity index (χ2n) is 11.3.